The third-order valence-corrected chi connectivity index (χ3v) is 3.87. The van der Waals surface area contributed by atoms with Gasteiger partial charge in [0.05, 0.1) is 6.67 Å². The van der Waals surface area contributed by atoms with Crippen molar-refractivity contribution in [1.82, 2.24) is 9.80 Å². The highest BCUT2D eigenvalue weighted by molar-refractivity contribution is 6.30. The van der Waals surface area contributed by atoms with Crippen molar-refractivity contribution in [2.45, 2.75) is 13.1 Å². The molecule has 3 rings (SSSR count). The summed E-state index contributed by atoms with van der Waals surface area (Å²) in [6.07, 6.45) is 4.23. The molecule has 22 heavy (non-hydrogen) atoms. The molecular weight excluding hydrogens is 383 g/mol. The van der Waals surface area contributed by atoms with Gasteiger partial charge in [0.25, 0.3) is 0 Å². The van der Waals surface area contributed by atoms with Crippen molar-refractivity contribution in [3.63, 3.8) is 0 Å². The van der Waals surface area contributed by atoms with Crippen LogP contribution in [0.2, 0.25) is 10.0 Å². The van der Waals surface area contributed by atoms with E-state index in [0.29, 0.717) is 0 Å². The summed E-state index contributed by atoms with van der Waals surface area (Å²) in [5.41, 5.74) is 2.44. The number of halogens is 3. The maximum absolute atomic E-state index is 6.02. The smallest absolute Gasteiger partial charge is 0.0900 e. The van der Waals surface area contributed by atoms with Crippen molar-refractivity contribution in [1.29, 1.82) is 0 Å². The van der Waals surface area contributed by atoms with Gasteiger partial charge in [-0.2, -0.15) is 0 Å². The van der Waals surface area contributed by atoms with Gasteiger partial charge in [0.1, 0.15) is 0 Å². The van der Waals surface area contributed by atoms with Gasteiger partial charge in [-0.25, -0.2) is 0 Å². The molecule has 0 atom stereocenters. The van der Waals surface area contributed by atoms with E-state index < -0.39 is 0 Å². The molecule has 0 fully saturated rings. The van der Waals surface area contributed by atoms with Crippen molar-refractivity contribution < 1.29 is 17.0 Å². The Balaban J connectivity index is 0.00000176. The van der Waals surface area contributed by atoms with Gasteiger partial charge in [0.15, 0.2) is 0 Å². The van der Waals surface area contributed by atoms with Gasteiger partial charge >= 0.3 is 0 Å². The predicted molar refractivity (Wildman–Crippen MR) is 88.0 cm³/mol. The molecule has 5 heteroatoms. The molecular formula is C17H16BrCl2N2-. The second kappa shape index (κ2) is 7.91. The van der Waals surface area contributed by atoms with Crippen LogP contribution in [0, 0.1) is 0 Å². The Morgan fingerprint density at radius 1 is 0.773 bits per heavy atom. The Kier molecular flexibility index (Phi) is 6.18. The third kappa shape index (κ3) is 4.67. The molecule has 1 aliphatic heterocycles. The Morgan fingerprint density at radius 3 is 1.64 bits per heavy atom. The molecule has 116 valence electrons. The zero-order valence-electron chi connectivity index (χ0n) is 11.9. The third-order valence-electron chi connectivity index (χ3n) is 3.40. The topological polar surface area (TPSA) is 6.48 Å². The quantitative estimate of drug-likeness (QED) is 0.774. The van der Waals surface area contributed by atoms with E-state index in [1.807, 2.05) is 36.4 Å². The van der Waals surface area contributed by atoms with Crippen LogP contribution in [0.4, 0.5) is 0 Å². The van der Waals surface area contributed by atoms with Crippen molar-refractivity contribution in [2.75, 3.05) is 6.67 Å². The van der Waals surface area contributed by atoms with Crippen LogP contribution >= 0.6 is 23.2 Å². The fraction of sp³-hybridized carbons (Fsp3) is 0.176. The molecule has 0 N–H and O–H groups in total. The van der Waals surface area contributed by atoms with E-state index in [1.165, 1.54) is 11.1 Å². The first-order chi connectivity index (χ1) is 10.2. The van der Waals surface area contributed by atoms with E-state index in [4.69, 9.17) is 23.2 Å². The number of rotatable bonds is 4. The lowest BCUT2D eigenvalue weighted by atomic mass is 10.2. The normalized spacial score (nSPS) is 13.4. The van der Waals surface area contributed by atoms with Crippen LogP contribution < -0.4 is 17.0 Å². The van der Waals surface area contributed by atoms with Crippen LogP contribution in [0.3, 0.4) is 0 Å². The molecule has 0 aromatic heterocycles. The zero-order chi connectivity index (χ0) is 14.7. The van der Waals surface area contributed by atoms with Crippen molar-refractivity contribution in [3.05, 3.63) is 82.1 Å². The number of hydrogen-bond acceptors (Lipinski definition) is 2. The first kappa shape index (κ1) is 17.2. The summed E-state index contributed by atoms with van der Waals surface area (Å²) in [4.78, 5) is 4.52. The summed E-state index contributed by atoms with van der Waals surface area (Å²) in [6, 6.07) is 16.0. The highest BCUT2D eigenvalue weighted by Crippen LogP contribution is 2.18. The zero-order valence-corrected chi connectivity index (χ0v) is 15.0. The minimum absolute atomic E-state index is 0. The molecule has 0 unspecified atom stereocenters. The van der Waals surface area contributed by atoms with E-state index in [9.17, 15) is 0 Å². The Labute approximate surface area is 151 Å². The van der Waals surface area contributed by atoms with Crippen molar-refractivity contribution in [2.24, 2.45) is 0 Å². The van der Waals surface area contributed by atoms with Crippen LogP contribution in [0.5, 0.6) is 0 Å². The standard InChI is InChI=1S/C17H16Cl2N2.BrH/c18-16-5-1-3-14(9-16)11-20-7-8-21(13-20)12-15-4-2-6-17(19)10-15;/h1-10H,11-13H2;1H/p-1. The minimum atomic E-state index is 0. The maximum atomic E-state index is 6.02. The van der Waals surface area contributed by atoms with E-state index in [2.05, 4.69) is 34.3 Å². The average Bonchev–Trinajstić information content (AvgIpc) is 2.86. The lowest BCUT2D eigenvalue weighted by molar-refractivity contribution is -0.00000406. The Hall–Kier alpha value is -1.16. The highest BCUT2D eigenvalue weighted by Gasteiger charge is 2.13. The number of benzene rings is 2. The molecule has 2 nitrogen and oxygen atoms in total. The number of hydrogen-bond donors (Lipinski definition) is 0. The van der Waals surface area contributed by atoms with Crippen molar-refractivity contribution >= 4 is 23.2 Å². The molecule has 0 bridgehead atoms. The molecule has 0 aliphatic carbocycles. The molecule has 0 saturated carbocycles. The highest BCUT2D eigenvalue weighted by atomic mass is 79.9. The molecule has 1 heterocycles. The summed E-state index contributed by atoms with van der Waals surface area (Å²) in [5.74, 6) is 0. The van der Waals surface area contributed by atoms with Gasteiger partial charge in [-0.3, -0.25) is 0 Å². The first-order valence-electron chi connectivity index (χ1n) is 6.84. The largest absolute Gasteiger partial charge is 1.00 e. The van der Waals surface area contributed by atoms with Gasteiger partial charge in [0, 0.05) is 35.5 Å². The van der Waals surface area contributed by atoms with E-state index in [1.54, 1.807) is 0 Å². The summed E-state index contributed by atoms with van der Waals surface area (Å²) in [7, 11) is 0. The predicted octanol–water partition coefficient (Wildman–Crippen LogP) is 1.74. The van der Waals surface area contributed by atoms with Crippen molar-refractivity contribution in [3.8, 4) is 0 Å². The monoisotopic (exact) mass is 397 g/mol. The van der Waals surface area contributed by atoms with E-state index in [0.717, 1.165) is 29.8 Å². The summed E-state index contributed by atoms with van der Waals surface area (Å²) >= 11 is 12.0. The van der Waals surface area contributed by atoms with E-state index in [-0.39, 0.29) is 17.0 Å². The van der Waals surface area contributed by atoms with Gasteiger partial charge in [-0.05, 0) is 35.4 Å². The van der Waals surface area contributed by atoms with Crippen LogP contribution in [-0.4, -0.2) is 16.5 Å². The fourth-order valence-corrected chi connectivity index (χ4v) is 2.89. The van der Waals surface area contributed by atoms with Crippen LogP contribution in [0.1, 0.15) is 11.1 Å². The lowest BCUT2D eigenvalue weighted by Gasteiger charge is -2.21. The van der Waals surface area contributed by atoms with Crippen LogP contribution in [-0.2, 0) is 13.1 Å². The summed E-state index contributed by atoms with van der Waals surface area (Å²) in [5, 5.41) is 1.57. The van der Waals surface area contributed by atoms with Gasteiger partial charge in [-0.1, -0.05) is 47.5 Å². The molecule has 0 amide bonds. The second-order valence-corrected chi connectivity index (χ2v) is 6.07. The lowest BCUT2D eigenvalue weighted by Crippen LogP contribution is -3.00. The second-order valence-electron chi connectivity index (χ2n) is 5.19. The number of nitrogens with zero attached hydrogens (tertiary/aromatic N) is 2. The van der Waals surface area contributed by atoms with Crippen LogP contribution in [0.25, 0.3) is 0 Å². The van der Waals surface area contributed by atoms with Gasteiger partial charge < -0.3 is 26.8 Å². The van der Waals surface area contributed by atoms with Crippen LogP contribution in [0.15, 0.2) is 60.9 Å². The fourth-order valence-electron chi connectivity index (χ4n) is 2.46. The molecule has 0 spiro atoms. The summed E-state index contributed by atoms with van der Waals surface area (Å²) in [6.45, 7) is 2.60. The molecule has 0 radical (unpaired) electrons. The first-order valence-corrected chi connectivity index (χ1v) is 7.60. The molecule has 1 aliphatic rings. The maximum Gasteiger partial charge on any atom is 0.0900 e. The Morgan fingerprint density at radius 2 is 1.23 bits per heavy atom. The minimum Gasteiger partial charge on any atom is -1.00 e. The van der Waals surface area contributed by atoms with E-state index >= 15 is 0 Å². The average molecular weight is 399 g/mol. The molecule has 0 saturated heterocycles. The van der Waals surface area contributed by atoms with Gasteiger partial charge in [0.2, 0.25) is 0 Å². The summed E-state index contributed by atoms with van der Waals surface area (Å²) < 4.78 is 0. The molecule has 2 aromatic rings. The Bertz CT molecular complexity index is 605. The molecule has 2 aromatic carbocycles. The van der Waals surface area contributed by atoms with Gasteiger partial charge in [-0.15, -0.1) is 0 Å². The SMILES string of the molecule is Clc1cccc(CN2C=CN(Cc3cccc(Cl)c3)C2)c1.[Br-].